The molecule has 0 radical (unpaired) electrons. The van der Waals surface area contributed by atoms with Crippen molar-refractivity contribution in [3.8, 4) is 0 Å². The van der Waals surface area contributed by atoms with E-state index < -0.39 is 0 Å². The third-order valence-electron chi connectivity index (χ3n) is 3.30. The van der Waals surface area contributed by atoms with E-state index in [4.69, 9.17) is 4.42 Å². The number of benzene rings is 3. The van der Waals surface area contributed by atoms with Crippen molar-refractivity contribution >= 4 is 32.3 Å². The summed E-state index contributed by atoms with van der Waals surface area (Å²) in [6.07, 6.45) is 3.59. The van der Waals surface area contributed by atoms with E-state index in [1.165, 1.54) is 21.5 Å². The molecule has 0 spiro atoms. The quantitative estimate of drug-likeness (QED) is 0.388. The smallest absolute Gasteiger partial charge is 0.0981 e. The second kappa shape index (κ2) is 3.11. The number of fused-ring (bicyclic) bond motifs is 3. The molecule has 1 heteroatoms. The molecule has 17 heavy (non-hydrogen) atoms. The molecule has 0 unspecified atom stereocenters. The van der Waals surface area contributed by atoms with Crippen molar-refractivity contribution in [2.24, 2.45) is 0 Å². The Balaban J connectivity index is 2.23. The normalized spacial score (nSPS) is 11.5. The van der Waals surface area contributed by atoms with Crippen molar-refractivity contribution in [2.75, 3.05) is 0 Å². The maximum atomic E-state index is 5.23. The number of hydrogen-bond acceptors (Lipinski definition) is 1. The Kier molecular flexibility index (Phi) is 1.61. The van der Waals surface area contributed by atoms with Crippen LogP contribution in [0.3, 0.4) is 0 Å². The molecule has 0 N–H and O–H groups in total. The highest BCUT2D eigenvalue weighted by atomic mass is 16.3. The van der Waals surface area contributed by atoms with Gasteiger partial charge in [0.25, 0.3) is 0 Å². The Labute approximate surface area is 98.3 Å². The van der Waals surface area contributed by atoms with Gasteiger partial charge in [-0.1, -0.05) is 24.3 Å². The molecule has 0 atom stereocenters. The third-order valence-corrected chi connectivity index (χ3v) is 3.30. The van der Waals surface area contributed by atoms with Gasteiger partial charge < -0.3 is 4.42 Å². The average Bonchev–Trinajstić information content (AvgIpc) is 2.80. The first-order chi connectivity index (χ1) is 8.40. The molecule has 3 aromatic carbocycles. The summed E-state index contributed by atoms with van der Waals surface area (Å²) < 4.78 is 5.23. The fourth-order valence-electron chi connectivity index (χ4n) is 2.41. The molecule has 0 fully saturated rings. The highest BCUT2D eigenvalue weighted by molar-refractivity contribution is 6.04. The van der Waals surface area contributed by atoms with Crippen molar-refractivity contribution in [3.63, 3.8) is 0 Å². The lowest BCUT2D eigenvalue weighted by atomic mass is 10.0. The number of hydrogen-bond donors (Lipinski definition) is 0. The summed E-state index contributed by atoms with van der Waals surface area (Å²) in [5.74, 6) is 0. The molecule has 0 aliphatic carbocycles. The summed E-state index contributed by atoms with van der Waals surface area (Å²) in [5.41, 5.74) is 0. The molecule has 1 heterocycles. The third kappa shape index (κ3) is 1.26. The zero-order chi connectivity index (χ0) is 11.2. The first kappa shape index (κ1) is 8.82. The van der Waals surface area contributed by atoms with E-state index in [1.54, 1.807) is 12.5 Å². The minimum Gasteiger partial charge on any atom is -0.471 e. The molecule has 4 aromatic rings. The van der Waals surface area contributed by atoms with Crippen LogP contribution in [0.15, 0.2) is 65.5 Å². The molecular formula is C16H10O. The predicted molar refractivity (Wildman–Crippen MR) is 71.2 cm³/mol. The molecule has 0 saturated heterocycles. The molecule has 0 amide bonds. The van der Waals surface area contributed by atoms with Gasteiger partial charge in [0.2, 0.25) is 0 Å². The van der Waals surface area contributed by atoms with Gasteiger partial charge in [0.15, 0.2) is 0 Å². The van der Waals surface area contributed by atoms with Gasteiger partial charge in [0, 0.05) is 10.8 Å². The standard InChI is InChI=1S/C16H10O/c1-2-4-12-6-14-8-16-10-17-9-15(16)7-13(14)5-11(12)3-1/h1-10H. The van der Waals surface area contributed by atoms with Gasteiger partial charge in [-0.3, -0.25) is 0 Å². The number of furan rings is 1. The number of rotatable bonds is 0. The molecule has 80 valence electrons. The summed E-state index contributed by atoms with van der Waals surface area (Å²) in [6, 6.07) is 17.3. The maximum Gasteiger partial charge on any atom is 0.0981 e. The molecule has 0 saturated carbocycles. The second-order valence-electron chi connectivity index (χ2n) is 4.40. The predicted octanol–water partition coefficient (Wildman–Crippen LogP) is 4.74. The minimum absolute atomic E-state index is 1.16. The maximum absolute atomic E-state index is 5.23. The Morgan fingerprint density at radius 3 is 1.53 bits per heavy atom. The van der Waals surface area contributed by atoms with Crippen LogP contribution in [-0.4, -0.2) is 0 Å². The largest absolute Gasteiger partial charge is 0.471 e. The van der Waals surface area contributed by atoms with Crippen LogP contribution in [0.4, 0.5) is 0 Å². The molecule has 0 aliphatic rings. The van der Waals surface area contributed by atoms with Gasteiger partial charge in [-0.15, -0.1) is 0 Å². The molecule has 1 nitrogen and oxygen atoms in total. The minimum atomic E-state index is 1.16. The first-order valence-corrected chi connectivity index (χ1v) is 5.69. The van der Waals surface area contributed by atoms with Crippen LogP contribution in [0, 0.1) is 0 Å². The van der Waals surface area contributed by atoms with Crippen LogP contribution in [0.2, 0.25) is 0 Å². The van der Waals surface area contributed by atoms with Gasteiger partial charge in [-0.2, -0.15) is 0 Å². The van der Waals surface area contributed by atoms with Crippen LogP contribution in [0.1, 0.15) is 0 Å². The molecule has 1 aromatic heterocycles. The van der Waals surface area contributed by atoms with E-state index in [9.17, 15) is 0 Å². The summed E-state index contributed by atoms with van der Waals surface area (Å²) in [7, 11) is 0. The lowest BCUT2D eigenvalue weighted by Gasteiger charge is -2.02. The second-order valence-corrected chi connectivity index (χ2v) is 4.40. The van der Waals surface area contributed by atoms with Crippen molar-refractivity contribution in [1.82, 2.24) is 0 Å². The van der Waals surface area contributed by atoms with E-state index in [0.717, 1.165) is 10.8 Å². The van der Waals surface area contributed by atoms with E-state index in [-0.39, 0.29) is 0 Å². The summed E-state index contributed by atoms with van der Waals surface area (Å²) >= 11 is 0. The van der Waals surface area contributed by atoms with Crippen molar-refractivity contribution in [3.05, 3.63) is 61.1 Å². The van der Waals surface area contributed by atoms with Crippen LogP contribution in [0.5, 0.6) is 0 Å². The Morgan fingerprint density at radius 1 is 0.529 bits per heavy atom. The average molecular weight is 218 g/mol. The van der Waals surface area contributed by atoms with Crippen molar-refractivity contribution < 1.29 is 4.42 Å². The van der Waals surface area contributed by atoms with E-state index in [2.05, 4.69) is 48.5 Å². The highest BCUT2D eigenvalue weighted by Crippen LogP contribution is 2.27. The fraction of sp³-hybridized carbons (Fsp3) is 0. The van der Waals surface area contributed by atoms with E-state index >= 15 is 0 Å². The Morgan fingerprint density at radius 2 is 1.00 bits per heavy atom. The Bertz CT molecular complexity index is 771. The van der Waals surface area contributed by atoms with Gasteiger partial charge >= 0.3 is 0 Å². The fourth-order valence-corrected chi connectivity index (χ4v) is 2.41. The zero-order valence-corrected chi connectivity index (χ0v) is 9.18. The lowest BCUT2D eigenvalue weighted by Crippen LogP contribution is -1.76. The van der Waals surface area contributed by atoms with Crippen molar-refractivity contribution in [1.29, 1.82) is 0 Å². The van der Waals surface area contributed by atoms with E-state index in [1.807, 2.05) is 0 Å². The lowest BCUT2D eigenvalue weighted by molar-refractivity contribution is 0.572. The summed E-state index contributed by atoms with van der Waals surface area (Å²) in [6.45, 7) is 0. The first-order valence-electron chi connectivity index (χ1n) is 5.69. The summed E-state index contributed by atoms with van der Waals surface area (Å²) in [4.78, 5) is 0. The highest BCUT2D eigenvalue weighted by Gasteiger charge is 2.01. The molecular weight excluding hydrogens is 208 g/mol. The van der Waals surface area contributed by atoms with Crippen LogP contribution in [-0.2, 0) is 0 Å². The SMILES string of the molecule is c1ccc2cc3cc4cocc4cc3cc2c1. The summed E-state index contributed by atoms with van der Waals surface area (Å²) in [5, 5.41) is 7.40. The monoisotopic (exact) mass is 218 g/mol. The van der Waals surface area contributed by atoms with E-state index in [0.29, 0.717) is 0 Å². The van der Waals surface area contributed by atoms with Gasteiger partial charge in [0.05, 0.1) is 12.5 Å². The molecule has 0 aliphatic heterocycles. The van der Waals surface area contributed by atoms with Crippen LogP contribution < -0.4 is 0 Å². The zero-order valence-electron chi connectivity index (χ0n) is 9.18. The topological polar surface area (TPSA) is 13.1 Å². The van der Waals surface area contributed by atoms with Gasteiger partial charge in [-0.05, 0) is 45.8 Å². The van der Waals surface area contributed by atoms with Gasteiger partial charge in [-0.25, -0.2) is 0 Å². The van der Waals surface area contributed by atoms with Crippen LogP contribution >= 0.6 is 0 Å². The van der Waals surface area contributed by atoms with Crippen LogP contribution in [0.25, 0.3) is 32.3 Å². The molecule has 0 bridgehead atoms. The Hall–Kier alpha value is -2.28. The van der Waals surface area contributed by atoms with Crippen molar-refractivity contribution in [2.45, 2.75) is 0 Å². The molecule has 4 rings (SSSR count). The van der Waals surface area contributed by atoms with Gasteiger partial charge in [0.1, 0.15) is 0 Å².